The fourth-order valence-electron chi connectivity index (χ4n) is 1.11. The summed E-state index contributed by atoms with van der Waals surface area (Å²) < 4.78 is 36.0. The van der Waals surface area contributed by atoms with Crippen molar-refractivity contribution < 1.29 is 18.3 Å². The minimum atomic E-state index is -0.694. The standard InChI is InChI=1S/C9H9ClF2O2/c1-13-8-6(11)3-5(4-10)7(12)9(8)14-2/h3H,4H2,1-2H3. The van der Waals surface area contributed by atoms with Gasteiger partial charge in [-0.2, -0.15) is 0 Å². The van der Waals surface area contributed by atoms with Gasteiger partial charge >= 0.3 is 0 Å². The van der Waals surface area contributed by atoms with Gasteiger partial charge in [0.2, 0.25) is 0 Å². The van der Waals surface area contributed by atoms with Crippen LogP contribution in [0, 0.1) is 11.6 Å². The maximum atomic E-state index is 13.4. The lowest BCUT2D eigenvalue weighted by molar-refractivity contribution is 0.321. The van der Waals surface area contributed by atoms with Gasteiger partial charge in [0.05, 0.1) is 20.1 Å². The number of benzene rings is 1. The van der Waals surface area contributed by atoms with Gasteiger partial charge in [-0.05, 0) is 6.07 Å². The highest BCUT2D eigenvalue weighted by Crippen LogP contribution is 2.35. The molecule has 0 saturated carbocycles. The van der Waals surface area contributed by atoms with Crippen molar-refractivity contribution >= 4 is 11.6 Å². The van der Waals surface area contributed by atoms with Gasteiger partial charge < -0.3 is 9.47 Å². The normalized spacial score (nSPS) is 10.1. The number of hydrogen-bond acceptors (Lipinski definition) is 2. The molecule has 78 valence electrons. The Balaban J connectivity index is 3.40. The first-order chi connectivity index (χ1) is 6.65. The molecule has 0 bridgehead atoms. The molecule has 2 nitrogen and oxygen atoms in total. The fraction of sp³-hybridized carbons (Fsp3) is 0.333. The van der Waals surface area contributed by atoms with Crippen molar-refractivity contribution in [3.63, 3.8) is 0 Å². The first-order valence-electron chi connectivity index (χ1n) is 3.80. The second-order valence-corrected chi connectivity index (χ2v) is 2.80. The summed E-state index contributed by atoms with van der Waals surface area (Å²) in [5.74, 6) is -2.02. The topological polar surface area (TPSA) is 18.5 Å². The number of ether oxygens (including phenoxy) is 2. The van der Waals surface area contributed by atoms with E-state index in [-0.39, 0.29) is 22.9 Å². The quantitative estimate of drug-likeness (QED) is 0.733. The zero-order valence-corrected chi connectivity index (χ0v) is 8.49. The Labute approximate surface area is 85.4 Å². The maximum Gasteiger partial charge on any atom is 0.200 e. The van der Waals surface area contributed by atoms with Gasteiger partial charge in [0.25, 0.3) is 0 Å². The minimum Gasteiger partial charge on any atom is -0.490 e. The van der Waals surface area contributed by atoms with Gasteiger partial charge in [0, 0.05) is 5.56 Å². The van der Waals surface area contributed by atoms with Gasteiger partial charge in [-0.1, -0.05) is 0 Å². The first kappa shape index (κ1) is 11.0. The van der Waals surface area contributed by atoms with E-state index >= 15 is 0 Å². The van der Waals surface area contributed by atoms with E-state index in [1.807, 2.05) is 0 Å². The monoisotopic (exact) mass is 222 g/mol. The van der Waals surface area contributed by atoms with Gasteiger partial charge in [-0.15, -0.1) is 11.6 Å². The van der Waals surface area contributed by atoms with Crippen LogP contribution in [-0.4, -0.2) is 14.2 Å². The second-order valence-electron chi connectivity index (χ2n) is 2.53. The Morgan fingerprint density at radius 1 is 1.21 bits per heavy atom. The van der Waals surface area contributed by atoms with Crippen LogP contribution in [0.5, 0.6) is 11.5 Å². The van der Waals surface area contributed by atoms with E-state index in [1.54, 1.807) is 0 Å². The van der Waals surface area contributed by atoms with Gasteiger partial charge in [0.1, 0.15) is 0 Å². The third-order valence-electron chi connectivity index (χ3n) is 1.76. The lowest BCUT2D eigenvalue weighted by atomic mass is 10.2. The average molecular weight is 223 g/mol. The van der Waals surface area contributed by atoms with Gasteiger partial charge in [0.15, 0.2) is 23.1 Å². The second kappa shape index (κ2) is 4.46. The highest BCUT2D eigenvalue weighted by atomic mass is 35.5. The molecular weight excluding hydrogens is 214 g/mol. The SMILES string of the molecule is COc1c(F)cc(CCl)c(F)c1OC. The van der Waals surface area contributed by atoms with E-state index in [4.69, 9.17) is 16.3 Å². The maximum absolute atomic E-state index is 13.4. The highest BCUT2D eigenvalue weighted by Gasteiger charge is 2.19. The van der Waals surface area contributed by atoms with Crippen molar-refractivity contribution in [3.8, 4) is 11.5 Å². The summed E-state index contributed by atoms with van der Waals surface area (Å²) in [6.45, 7) is 0. The van der Waals surface area contributed by atoms with Gasteiger partial charge in [-0.25, -0.2) is 8.78 Å². The van der Waals surface area contributed by atoms with Crippen molar-refractivity contribution in [1.29, 1.82) is 0 Å². The zero-order valence-electron chi connectivity index (χ0n) is 7.73. The molecule has 0 atom stereocenters. The molecule has 0 fully saturated rings. The third-order valence-corrected chi connectivity index (χ3v) is 2.05. The molecule has 0 aliphatic rings. The highest BCUT2D eigenvalue weighted by molar-refractivity contribution is 6.17. The van der Waals surface area contributed by atoms with E-state index in [9.17, 15) is 8.78 Å². The third kappa shape index (κ3) is 1.75. The minimum absolute atomic E-state index is 0.0433. The van der Waals surface area contributed by atoms with Crippen LogP contribution in [0.15, 0.2) is 6.07 Å². The lowest BCUT2D eigenvalue weighted by Gasteiger charge is -2.11. The molecule has 1 aromatic rings. The van der Waals surface area contributed by atoms with Crippen molar-refractivity contribution in [2.45, 2.75) is 5.88 Å². The van der Waals surface area contributed by atoms with Crippen LogP contribution in [0.2, 0.25) is 0 Å². The molecule has 0 aromatic heterocycles. The smallest absolute Gasteiger partial charge is 0.200 e. The molecular formula is C9H9ClF2O2. The number of rotatable bonds is 3. The van der Waals surface area contributed by atoms with Crippen LogP contribution < -0.4 is 9.47 Å². The van der Waals surface area contributed by atoms with E-state index < -0.39 is 11.6 Å². The largest absolute Gasteiger partial charge is 0.490 e. The van der Waals surface area contributed by atoms with Crippen molar-refractivity contribution in [1.82, 2.24) is 0 Å². The summed E-state index contributed by atoms with van der Waals surface area (Å²) in [5, 5.41) is 0. The lowest BCUT2D eigenvalue weighted by Crippen LogP contribution is -2.00. The molecule has 0 aliphatic carbocycles. The van der Waals surface area contributed by atoms with E-state index in [1.165, 1.54) is 14.2 Å². The van der Waals surface area contributed by atoms with E-state index in [0.717, 1.165) is 6.07 Å². The van der Waals surface area contributed by atoms with E-state index in [2.05, 4.69) is 4.74 Å². The molecule has 0 saturated heterocycles. The first-order valence-corrected chi connectivity index (χ1v) is 4.34. The van der Waals surface area contributed by atoms with Crippen LogP contribution in [0.3, 0.4) is 0 Å². The predicted octanol–water partition coefficient (Wildman–Crippen LogP) is 2.72. The molecule has 1 rings (SSSR count). The van der Waals surface area contributed by atoms with Crippen molar-refractivity contribution in [2.24, 2.45) is 0 Å². The molecule has 0 aliphatic heterocycles. The van der Waals surface area contributed by atoms with Gasteiger partial charge in [-0.3, -0.25) is 0 Å². The zero-order chi connectivity index (χ0) is 10.7. The van der Waals surface area contributed by atoms with Crippen LogP contribution in [0.25, 0.3) is 0 Å². The molecule has 0 amide bonds. The summed E-state index contributed by atoms with van der Waals surface area (Å²) in [6, 6.07) is 0.990. The molecule has 0 heterocycles. The van der Waals surface area contributed by atoms with Crippen LogP contribution in [-0.2, 0) is 5.88 Å². The molecule has 14 heavy (non-hydrogen) atoms. The predicted molar refractivity (Wildman–Crippen MR) is 49.0 cm³/mol. The Kier molecular flexibility index (Phi) is 3.52. The average Bonchev–Trinajstić information content (AvgIpc) is 2.20. The number of methoxy groups -OCH3 is 2. The Morgan fingerprint density at radius 3 is 2.21 bits per heavy atom. The molecule has 1 aromatic carbocycles. The Hall–Kier alpha value is -1.03. The Bertz CT molecular complexity index is 342. The summed E-state index contributed by atoms with van der Waals surface area (Å²) in [6.07, 6.45) is 0. The number of halogens is 3. The summed E-state index contributed by atoms with van der Waals surface area (Å²) in [5.41, 5.74) is 0.0433. The number of alkyl halides is 1. The molecule has 0 spiro atoms. The summed E-state index contributed by atoms with van der Waals surface area (Å²) in [4.78, 5) is 0. The molecule has 0 radical (unpaired) electrons. The number of hydrogen-bond donors (Lipinski definition) is 0. The molecule has 0 N–H and O–H groups in total. The fourth-order valence-corrected chi connectivity index (χ4v) is 1.30. The van der Waals surface area contributed by atoms with Crippen LogP contribution in [0.1, 0.15) is 5.56 Å². The van der Waals surface area contributed by atoms with Crippen molar-refractivity contribution in [2.75, 3.05) is 14.2 Å². The summed E-state index contributed by atoms with van der Waals surface area (Å²) in [7, 11) is 2.47. The Morgan fingerprint density at radius 2 is 1.79 bits per heavy atom. The van der Waals surface area contributed by atoms with E-state index in [0.29, 0.717) is 0 Å². The molecule has 5 heteroatoms. The van der Waals surface area contributed by atoms with Crippen LogP contribution in [0.4, 0.5) is 8.78 Å². The molecule has 0 unspecified atom stereocenters. The summed E-state index contributed by atoms with van der Waals surface area (Å²) >= 11 is 5.43. The van der Waals surface area contributed by atoms with Crippen molar-refractivity contribution in [3.05, 3.63) is 23.3 Å². The van der Waals surface area contributed by atoms with Crippen LogP contribution >= 0.6 is 11.6 Å².